The highest BCUT2D eigenvalue weighted by Gasteiger charge is 2.23. The third-order valence-corrected chi connectivity index (χ3v) is 7.97. The number of hydrogen-bond acceptors (Lipinski definition) is 6. The van der Waals surface area contributed by atoms with Crippen molar-refractivity contribution in [2.24, 2.45) is 5.92 Å². The van der Waals surface area contributed by atoms with E-state index in [1.54, 1.807) is 30.9 Å². The number of carbonyl (C=O) groups is 1. The van der Waals surface area contributed by atoms with Crippen LogP contribution in [0.15, 0.2) is 61.2 Å². The maximum Gasteiger partial charge on any atom is 0.227 e. The van der Waals surface area contributed by atoms with Gasteiger partial charge in [-0.3, -0.25) is 24.8 Å². The van der Waals surface area contributed by atoms with Crippen LogP contribution in [0.1, 0.15) is 25.7 Å². The van der Waals surface area contributed by atoms with E-state index in [0.29, 0.717) is 5.69 Å². The lowest BCUT2D eigenvalue weighted by Gasteiger charge is -2.11. The van der Waals surface area contributed by atoms with E-state index >= 15 is 0 Å². The monoisotopic (exact) mass is 523 g/mol. The average Bonchev–Trinajstić information content (AvgIpc) is 3.74. The molecule has 0 spiro atoms. The molecule has 0 bridgehead atoms. The zero-order valence-corrected chi connectivity index (χ0v) is 21.0. The molecule has 0 unspecified atom stereocenters. The Hall–Kier alpha value is -4.44. The van der Waals surface area contributed by atoms with Crippen LogP contribution in [-0.4, -0.2) is 36.0 Å². The summed E-state index contributed by atoms with van der Waals surface area (Å²) in [4.78, 5) is 30.2. The third kappa shape index (κ3) is 4.03. The van der Waals surface area contributed by atoms with Crippen LogP contribution in [0.5, 0.6) is 0 Å². The van der Waals surface area contributed by atoms with Gasteiger partial charge in [0.2, 0.25) is 5.91 Å². The Balaban J connectivity index is 1.24. The molecule has 6 heterocycles. The van der Waals surface area contributed by atoms with Crippen molar-refractivity contribution in [1.29, 1.82) is 0 Å². The number of aromatic amines is 2. The number of nitrogens with one attached hydrogen (secondary N) is 3. The second kappa shape index (κ2) is 9.14. The van der Waals surface area contributed by atoms with Crippen molar-refractivity contribution >= 4 is 44.7 Å². The average molecular weight is 524 g/mol. The molecule has 0 saturated heterocycles. The summed E-state index contributed by atoms with van der Waals surface area (Å²) in [5.74, 6) is 0.132. The second-order valence-corrected chi connectivity index (χ2v) is 10.6. The van der Waals surface area contributed by atoms with Crippen LogP contribution in [0, 0.1) is 11.0 Å². The first-order chi connectivity index (χ1) is 18.6. The van der Waals surface area contributed by atoms with Crippen LogP contribution >= 0.6 is 11.3 Å². The third-order valence-electron chi connectivity index (χ3n) is 7.08. The molecule has 1 aliphatic rings. The SMILES string of the molecule is O=C(Nc1cncc(-c2cc3c(-c4cc5c(-c6ccc(F)s6)nccc5[nH]4)n[nH]c3cn2)c1)C1CCCC1. The van der Waals surface area contributed by atoms with Crippen molar-refractivity contribution in [3.05, 3.63) is 66.3 Å². The summed E-state index contributed by atoms with van der Waals surface area (Å²) in [7, 11) is 0. The van der Waals surface area contributed by atoms with Crippen LogP contribution in [0.2, 0.25) is 0 Å². The summed E-state index contributed by atoms with van der Waals surface area (Å²) in [6.07, 6.45) is 10.9. The van der Waals surface area contributed by atoms with Crippen LogP contribution in [0.4, 0.5) is 10.1 Å². The van der Waals surface area contributed by atoms with Gasteiger partial charge in [0.1, 0.15) is 5.69 Å². The molecule has 6 aromatic heterocycles. The highest BCUT2D eigenvalue weighted by molar-refractivity contribution is 7.13. The predicted octanol–water partition coefficient (Wildman–Crippen LogP) is 6.56. The Kier molecular flexibility index (Phi) is 5.47. The van der Waals surface area contributed by atoms with Gasteiger partial charge in [-0.15, -0.1) is 11.3 Å². The van der Waals surface area contributed by atoms with E-state index < -0.39 is 0 Å². The van der Waals surface area contributed by atoms with Crippen LogP contribution in [0.3, 0.4) is 0 Å². The lowest BCUT2D eigenvalue weighted by molar-refractivity contribution is -0.119. The largest absolute Gasteiger partial charge is 0.353 e. The fourth-order valence-electron chi connectivity index (χ4n) is 5.18. The van der Waals surface area contributed by atoms with E-state index in [4.69, 9.17) is 0 Å². The fourth-order valence-corrected chi connectivity index (χ4v) is 5.92. The van der Waals surface area contributed by atoms with Gasteiger partial charge in [-0.1, -0.05) is 12.8 Å². The lowest BCUT2D eigenvalue weighted by Crippen LogP contribution is -2.20. The van der Waals surface area contributed by atoms with E-state index in [9.17, 15) is 9.18 Å². The molecule has 8 nitrogen and oxygen atoms in total. The molecule has 1 aliphatic carbocycles. The Morgan fingerprint density at radius 1 is 0.974 bits per heavy atom. The lowest BCUT2D eigenvalue weighted by atomic mass is 10.1. The number of pyridine rings is 3. The number of H-pyrrole nitrogens is 2. The molecule has 1 saturated carbocycles. The fraction of sp³-hybridized carbons (Fsp3) is 0.179. The predicted molar refractivity (Wildman–Crippen MR) is 146 cm³/mol. The summed E-state index contributed by atoms with van der Waals surface area (Å²) in [5.41, 5.74) is 6.13. The van der Waals surface area contributed by atoms with Gasteiger partial charge >= 0.3 is 0 Å². The van der Waals surface area contributed by atoms with Gasteiger partial charge in [0.25, 0.3) is 0 Å². The summed E-state index contributed by atoms with van der Waals surface area (Å²) in [6, 6.07) is 10.9. The van der Waals surface area contributed by atoms with Gasteiger partial charge in [-0.05, 0) is 49.2 Å². The zero-order valence-electron chi connectivity index (χ0n) is 20.2. The molecule has 38 heavy (non-hydrogen) atoms. The quantitative estimate of drug-likeness (QED) is 0.237. The number of rotatable bonds is 5. The highest BCUT2D eigenvalue weighted by atomic mass is 32.1. The smallest absolute Gasteiger partial charge is 0.227 e. The van der Waals surface area contributed by atoms with Gasteiger partial charge in [-0.25, -0.2) is 0 Å². The van der Waals surface area contributed by atoms with Gasteiger partial charge < -0.3 is 10.3 Å². The van der Waals surface area contributed by atoms with E-state index in [1.807, 2.05) is 24.3 Å². The first-order valence-electron chi connectivity index (χ1n) is 12.5. The van der Waals surface area contributed by atoms with Crippen molar-refractivity contribution in [3.63, 3.8) is 0 Å². The number of halogens is 1. The number of nitrogens with zero attached hydrogens (tertiary/aromatic N) is 4. The second-order valence-electron chi connectivity index (χ2n) is 9.53. The summed E-state index contributed by atoms with van der Waals surface area (Å²) < 4.78 is 13.7. The molecule has 6 aromatic rings. The maximum atomic E-state index is 13.7. The molecule has 188 valence electrons. The number of aromatic nitrogens is 6. The minimum atomic E-state index is -0.246. The number of fused-ring (bicyclic) bond motifs is 2. The van der Waals surface area contributed by atoms with Gasteiger partial charge in [-0.2, -0.15) is 9.49 Å². The van der Waals surface area contributed by atoms with E-state index in [0.717, 1.165) is 92.0 Å². The molecule has 7 rings (SSSR count). The van der Waals surface area contributed by atoms with Crippen LogP contribution < -0.4 is 5.32 Å². The molecule has 0 radical (unpaired) electrons. The minimum Gasteiger partial charge on any atom is -0.353 e. The Bertz CT molecular complexity index is 1810. The first-order valence-corrected chi connectivity index (χ1v) is 13.3. The van der Waals surface area contributed by atoms with Gasteiger partial charge in [0, 0.05) is 40.2 Å². The Labute approximate surface area is 220 Å². The number of amides is 1. The van der Waals surface area contributed by atoms with Crippen LogP contribution in [-0.2, 0) is 4.79 Å². The summed E-state index contributed by atoms with van der Waals surface area (Å²) in [6.45, 7) is 0. The maximum absolute atomic E-state index is 13.7. The van der Waals surface area contributed by atoms with Crippen molar-refractivity contribution in [2.75, 3.05) is 5.32 Å². The highest BCUT2D eigenvalue weighted by Crippen LogP contribution is 2.36. The topological polar surface area (TPSA) is 112 Å². The molecule has 1 fully saturated rings. The van der Waals surface area contributed by atoms with E-state index in [-0.39, 0.29) is 17.0 Å². The molecule has 0 aliphatic heterocycles. The van der Waals surface area contributed by atoms with Gasteiger partial charge in [0.05, 0.1) is 45.6 Å². The van der Waals surface area contributed by atoms with Gasteiger partial charge in [0.15, 0.2) is 5.13 Å². The number of thiophene rings is 1. The first kappa shape index (κ1) is 22.7. The van der Waals surface area contributed by atoms with Crippen molar-refractivity contribution in [1.82, 2.24) is 30.1 Å². The molecular formula is C28H22FN7OS. The Morgan fingerprint density at radius 3 is 2.68 bits per heavy atom. The molecule has 0 atom stereocenters. The molecule has 1 amide bonds. The number of hydrogen-bond donors (Lipinski definition) is 3. The van der Waals surface area contributed by atoms with Crippen LogP contribution in [0.25, 0.3) is 55.0 Å². The van der Waals surface area contributed by atoms with Crippen molar-refractivity contribution < 1.29 is 9.18 Å². The zero-order chi connectivity index (χ0) is 25.6. The van der Waals surface area contributed by atoms with E-state index in [2.05, 4.69) is 35.5 Å². The molecular weight excluding hydrogens is 501 g/mol. The van der Waals surface area contributed by atoms with Crippen molar-refractivity contribution in [3.8, 4) is 33.2 Å². The summed E-state index contributed by atoms with van der Waals surface area (Å²) in [5, 5.41) is 12.2. The number of anilines is 1. The van der Waals surface area contributed by atoms with Crippen molar-refractivity contribution in [2.45, 2.75) is 25.7 Å². The molecule has 10 heteroatoms. The molecule has 0 aromatic carbocycles. The number of carbonyl (C=O) groups excluding carboxylic acids is 1. The standard InChI is InChI=1S/C28H22FN7OS/c29-25-6-5-24(38-25)27-18-11-22(34-20(18)7-8-31-27)26-19-10-21(32-14-23(19)35-36-26)16-9-17(13-30-12-16)33-28(37)15-3-1-2-4-15/h5-15,34H,1-4H2,(H,33,37)(H,35,36). The normalized spacial score (nSPS) is 14.0. The Morgan fingerprint density at radius 2 is 1.84 bits per heavy atom. The van der Waals surface area contributed by atoms with E-state index in [1.165, 1.54) is 6.07 Å². The summed E-state index contributed by atoms with van der Waals surface area (Å²) >= 11 is 1.07. The molecule has 3 N–H and O–H groups in total. The minimum absolute atomic E-state index is 0.0555.